The van der Waals surface area contributed by atoms with Gasteiger partial charge in [0.15, 0.2) is 0 Å². The van der Waals surface area contributed by atoms with Crippen LogP contribution in [0.1, 0.15) is 5.56 Å². The first-order chi connectivity index (χ1) is 8.04. The zero-order valence-corrected chi connectivity index (χ0v) is 9.80. The van der Waals surface area contributed by atoms with E-state index in [0.29, 0.717) is 0 Å². The second-order valence-electron chi connectivity index (χ2n) is 3.55. The second-order valence-corrected chi connectivity index (χ2v) is 3.96. The van der Waals surface area contributed by atoms with Gasteiger partial charge in [-0.2, -0.15) is 0 Å². The summed E-state index contributed by atoms with van der Waals surface area (Å²) in [4.78, 5) is 1.26. The van der Waals surface area contributed by atoms with E-state index in [2.05, 4.69) is 0 Å². The first-order valence-electron chi connectivity index (χ1n) is 5.09. The highest BCUT2D eigenvalue weighted by molar-refractivity contribution is 6.31. The average molecular weight is 268 g/mol. The fraction of sp³-hybridized carbons (Fsp3) is 0.455. The van der Waals surface area contributed by atoms with Gasteiger partial charge < -0.3 is 5.11 Å². The normalized spacial score (nSPS) is 11.5. The van der Waals surface area contributed by atoms with Gasteiger partial charge in [0.2, 0.25) is 0 Å². The summed E-state index contributed by atoms with van der Waals surface area (Å²) in [5.74, 6) is -0.533. The molecule has 0 heterocycles. The molecule has 1 rings (SSSR count). The fourth-order valence-electron chi connectivity index (χ4n) is 1.48. The van der Waals surface area contributed by atoms with Crippen molar-refractivity contribution in [3.05, 3.63) is 34.6 Å². The minimum atomic E-state index is -2.54. The zero-order chi connectivity index (χ0) is 12.8. The maximum Gasteiger partial charge on any atom is 0.251 e. The number of nitrogens with zero attached hydrogens (tertiary/aromatic N) is 1. The molecule has 0 fully saturated rings. The van der Waals surface area contributed by atoms with Crippen LogP contribution in [0.4, 0.5) is 13.2 Å². The first-order valence-corrected chi connectivity index (χ1v) is 5.46. The van der Waals surface area contributed by atoms with Gasteiger partial charge >= 0.3 is 0 Å². The third-order valence-electron chi connectivity index (χ3n) is 2.26. The van der Waals surface area contributed by atoms with E-state index in [9.17, 15) is 13.2 Å². The summed E-state index contributed by atoms with van der Waals surface area (Å²) < 4.78 is 38.0. The lowest BCUT2D eigenvalue weighted by Gasteiger charge is -2.21. The summed E-state index contributed by atoms with van der Waals surface area (Å²) in [6.07, 6.45) is -2.54. The maximum absolute atomic E-state index is 13.4. The van der Waals surface area contributed by atoms with Crippen molar-refractivity contribution in [3.63, 3.8) is 0 Å². The number of benzene rings is 1. The summed E-state index contributed by atoms with van der Waals surface area (Å²) in [7, 11) is 0. The molecule has 2 nitrogen and oxygen atoms in total. The van der Waals surface area contributed by atoms with E-state index in [4.69, 9.17) is 16.7 Å². The molecular weight excluding hydrogens is 255 g/mol. The van der Waals surface area contributed by atoms with Crippen LogP contribution in [0.3, 0.4) is 0 Å². The molecular formula is C11H13ClF3NO. The summed E-state index contributed by atoms with van der Waals surface area (Å²) in [5, 5.41) is 8.95. The third-order valence-corrected chi connectivity index (χ3v) is 2.61. The fourth-order valence-corrected chi connectivity index (χ4v) is 1.70. The predicted octanol–water partition coefficient (Wildman–Crippen LogP) is 2.54. The van der Waals surface area contributed by atoms with Crippen molar-refractivity contribution in [2.75, 3.05) is 19.7 Å². The van der Waals surface area contributed by atoms with Gasteiger partial charge in [-0.05, 0) is 12.1 Å². The number of hydrogen-bond acceptors (Lipinski definition) is 2. The molecule has 0 unspecified atom stereocenters. The Hall–Kier alpha value is -0.780. The second kappa shape index (κ2) is 6.83. The van der Waals surface area contributed by atoms with Crippen LogP contribution in [-0.4, -0.2) is 36.1 Å². The summed E-state index contributed by atoms with van der Waals surface area (Å²) in [6, 6.07) is 4.17. The molecule has 0 aliphatic rings. The zero-order valence-electron chi connectivity index (χ0n) is 9.04. The molecule has 96 valence electrons. The number of rotatable bonds is 6. The molecule has 0 radical (unpaired) electrons. The van der Waals surface area contributed by atoms with Crippen LogP contribution in [0.5, 0.6) is 0 Å². The highest BCUT2D eigenvalue weighted by Crippen LogP contribution is 2.20. The van der Waals surface area contributed by atoms with Crippen molar-refractivity contribution >= 4 is 11.6 Å². The van der Waals surface area contributed by atoms with Gasteiger partial charge in [-0.3, -0.25) is 4.90 Å². The number of alkyl halides is 2. The maximum atomic E-state index is 13.4. The highest BCUT2D eigenvalue weighted by atomic mass is 35.5. The van der Waals surface area contributed by atoms with Crippen LogP contribution < -0.4 is 0 Å². The lowest BCUT2D eigenvalue weighted by atomic mass is 10.2. The summed E-state index contributed by atoms with van der Waals surface area (Å²) >= 11 is 5.79. The van der Waals surface area contributed by atoms with Crippen LogP contribution in [0.2, 0.25) is 5.02 Å². The van der Waals surface area contributed by atoms with Gasteiger partial charge in [0.25, 0.3) is 6.43 Å². The Kier molecular flexibility index (Phi) is 5.74. The average Bonchev–Trinajstić information content (AvgIpc) is 2.23. The summed E-state index contributed by atoms with van der Waals surface area (Å²) in [6.45, 7) is -0.782. The first kappa shape index (κ1) is 14.3. The van der Waals surface area contributed by atoms with Crippen molar-refractivity contribution < 1.29 is 18.3 Å². The molecule has 6 heteroatoms. The topological polar surface area (TPSA) is 23.5 Å². The van der Waals surface area contributed by atoms with Gasteiger partial charge in [-0.1, -0.05) is 17.7 Å². The van der Waals surface area contributed by atoms with Crippen molar-refractivity contribution in [1.29, 1.82) is 0 Å². The minimum absolute atomic E-state index is 0.0452. The Morgan fingerprint density at radius 1 is 1.35 bits per heavy atom. The van der Waals surface area contributed by atoms with Crippen molar-refractivity contribution in [2.24, 2.45) is 0 Å². The lowest BCUT2D eigenvalue weighted by molar-refractivity contribution is 0.0741. The highest BCUT2D eigenvalue weighted by Gasteiger charge is 2.15. The molecule has 0 atom stereocenters. The number of halogens is 4. The van der Waals surface area contributed by atoms with E-state index in [-0.39, 0.29) is 30.3 Å². The molecule has 0 aliphatic heterocycles. The van der Waals surface area contributed by atoms with Crippen molar-refractivity contribution in [1.82, 2.24) is 4.90 Å². The van der Waals surface area contributed by atoms with Crippen LogP contribution >= 0.6 is 11.6 Å². The monoisotopic (exact) mass is 267 g/mol. The van der Waals surface area contributed by atoms with Crippen molar-refractivity contribution in [3.8, 4) is 0 Å². The number of hydrogen-bond donors (Lipinski definition) is 1. The van der Waals surface area contributed by atoms with Crippen LogP contribution in [0.25, 0.3) is 0 Å². The SMILES string of the molecule is OCCN(Cc1c(F)cccc1Cl)CC(F)F. The lowest BCUT2D eigenvalue weighted by Crippen LogP contribution is -2.31. The Morgan fingerprint density at radius 2 is 2.06 bits per heavy atom. The Balaban J connectivity index is 2.78. The van der Waals surface area contributed by atoms with Gasteiger partial charge in [0, 0.05) is 23.7 Å². The Labute approximate surface area is 103 Å². The number of aliphatic hydroxyl groups excluding tert-OH is 1. The number of aliphatic hydroxyl groups is 1. The van der Waals surface area contributed by atoms with E-state index in [1.807, 2.05) is 0 Å². The molecule has 0 spiro atoms. The Bertz CT molecular complexity index is 342. The molecule has 1 aromatic carbocycles. The van der Waals surface area contributed by atoms with E-state index in [1.165, 1.54) is 23.1 Å². The van der Waals surface area contributed by atoms with Gasteiger partial charge in [0.05, 0.1) is 13.2 Å². The van der Waals surface area contributed by atoms with E-state index >= 15 is 0 Å². The van der Waals surface area contributed by atoms with Crippen molar-refractivity contribution in [2.45, 2.75) is 13.0 Å². The van der Waals surface area contributed by atoms with E-state index < -0.39 is 18.8 Å². The predicted molar refractivity (Wildman–Crippen MR) is 59.8 cm³/mol. The van der Waals surface area contributed by atoms with Crippen LogP contribution in [0.15, 0.2) is 18.2 Å². The van der Waals surface area contributed by atoms with E-state index in [0.717, 1.165) is 0 Å². The third kappa shape index (κ3) is 4.53. The van der Waals surface area contributed by atoms with Gasteiger partial charge in [0.1, 0.15) is 5.82 Å². The van der Waals surface area contributed by atoms with Gasteiger partial charge in [-0.25, -0.2) is 13.2 Å². The molecule has 0 aliphatic carbocycles. The summed E-state index contributed by atoms with van der Waals surface area (Å²) in [5.41, 5.74) is 0.170. The molecule has 0 saturated carbocycles. The largest absolute Gasteiger partial charge is 0.395 e. The quantitative estimate of drug-likeness (QED) is 0.856. The van der Waals surface area contributed by atoms with Gasteiger partial charge in [-0.15, -0.1) is 0 Å². The van der Waals surface area contributed by atoms with E-state index in [1.54, 1.807) is 0 Å². The molecule has 0 bridgehead atoms. The molecule has 0 saturated heterocycles. The van der Waals surface area contributed by atoms with Crippen LogP contribution in [-0.2, 0) is 6.54 Å². The Morgan fingerprint density at radius 3 is 2.59 bits per heavy atom. The standard InChI is InChI=1S/C11H13ClF3NO/c12-9-2-1-3-10(13)8(9)6-16(4-5-17)7-11(14)15/h1-3,11,17H,4-7H2. The molecule has 17 heavy (non-hydrogen) atoms. The molecule has 1 N–H and O–H groups in total. The minimum Gasteiger partial charge on any atom is -0.395 e. The molecule has 1 aromatic rings. The molecule has 0 aromatic heterocycles. The smallest absolute Gasteiger partial charge is 0.251 e. The van der Waals surface area contributed by atoms with Crippen LogP contribution in [0, 0.1) is 5.82 Å². The molecule has 0 amide bonds.